The molecule has 1 aromatic heterocycles. The third-order valence-electron chi connectivity index (χ3n) is 4.98. The summed E-state index contributed by atoms with van der Waals surface area (Å²) in [6.07, 6.45) is 3.71. The van der Waals surface area contributed by atoms with Gasteiger partial charge in [-0.15, -0.1) is 0 Å². The van der Waals surface area contributed by atoms with Gasteiger partial charge in [-0.3, -0.25) is 4.79 Å². The predicted octanol–water partition coefficient (Wildman–Crippen LogP) is 4.24. The number of nitriles is 1. The monoisotopic (exact) mass is 438 g/mol. The molecule has 1 aliphatic heterocycles. The van der Waals surface area contributed by atoms with Crippen LogP contribution in [0.1, 0.15) is 49.2 Å². The van der Waals surface area contributed by atoms with Gasteiger partial charge in [0.15, 0.2) is 0 Å². The second-order valence-corrected chi connectivity index (χ2v) is 8.55. The number of carbonyl (C=O) groups excluding carboxylic acids is 2. The standard InChI is InChI=1S/C23H26N4O3S/c1-3-30-23(29)20-12-7-17(15-24)22(26-20)31-16(2)21(28)25-18-8-10-19(11-9-18)27-13-5-4-6-14-27/h7-12,16H,3-6,13-14H2,1-2H3,(H,25,28)/t16-/m0/s1. The maximum absolute atomic E-state index is 12.7. The SMILES string of the molecule is CCOC(=O)c1ccc(C#N)c(S[C@@H](C)C(=O)Nc2ccc(N3CCCCC3)cc2)n1. The molecular weight excluding hydrogens is 412 g/mol. The minimum absolute atomic E-state index is 0.115. The second kappa shape index (κ2) is 10.8. The van der Waals surface area contributed by atoms with Crippen LogP contribution >= 0.6 is 11.8 Å². The Hall–Kier alpha value is -3.05. The van der Waals surface area contributed by atoms with Crippen molar-refractivity contribution in [2.24, 2.45) is 0 Å². The number of pyridine rings is 1. The molecule has 1 aliphatic rings. The highest BCUT2D eigenvalue weighted by molar-refractivity contribution is 8.00. The number of aromatic nitrogens is 1. The first kappa shape index (κ1) is 22.6. The average molecular weight is 439 g/mol. The molecule has 2 heterocycles. The van der Waals surface area contributed by atoms with E-state index < -0.39 is 11.2 Å². The smallest absolute Gasteiger partial charge is 0.356 e. The van der Waals surface area contributed by atoms with Crippen molar-refractivity contribution in [3.63, 3.8) is 0 Å². The topological polar surface area (TPSA) is 95.3 Å². The molecular formula is C23H26N4O3S. The summed E-state index contributed by atoms with van der Waals surface area (Å²) in [5.74, 6) is -0.761. The van der Waals surface area contributed by atoms with Gasteiger partial charge in [-0.05, 0) is 69.5 Å². The van der Waals surface area contributed by atoms with Crippen LogP contribution < -0.4 is 10.2 Å². The molecule has 8 heteroatoms. The summed E-state index contributed by atoms with van der Waals surface area (Å²) in [4.78, 5) is 31.2. The van der Waals surface area contributed by atoms with Crippen LogP contribution in [0, 0.1) is 11.3 Å². The van der Waals surface area contributed by atoms with E-state index in [1.165, 1.54) is 37.1 Å². The number of carbonyl (C=O) groups is 2. The molecule has 162 valence electrons. The van der Waals surface area contributed by atoms with E-state index in [0.29, 0.717) is 16.3 Å². The lowest BCUT2D eigenvalue weighted by atomic mass is 10.1. The number of ether oxygens (including phenoxy) is 1. The summed E-state index contributed by atoms with van der Waals surface area (Å²) < 4.78 is 4.96. The molecule has 0 radical (unpaired) electrons. The molecule has 7 nitrogen and oxygen atoms in total. The quantitative estimate of drug-likeness (QED) is 0.510. The molecule has 3 rings (SSSR count). The van der Waals surface area contributed by atoms with Crippen LogP contribution in [0.25, 0.3) is 0 Å². The van der Waals surface area contributed by atoms with E-state index in [-0.39, 0.29) is 18.2 Å². The first-order valence-electron chi connectivity index (χ1n) is 10.4. The lowest BCUT2D eigenvalue weighted by molar-refractivity contribution is -0.115. The van der Waals surface area contributed by atoms with E-state index in [1.54, 1.807) is 13.8 Å². The maximum Gasteiger partial charge on any atom is 0.356 e. The number of thioether (sulfide) groups is 1. The first-order chi connectivity index (χ1) is 15.0. The summed E-state index contributed by atoms with van der Waals surface area (Å²) in [7, 11) is 0. The maximum atomic E-state index is 12.7. The Kier molecular flexibility index (Phi) is 7.90. The van der Waals surface area contributed by atoms with Crippen LogP contribution in [0.4, 0.5) is 11.4 Å². The summed E-state index contributed by atoms with van der Waals surface area (Å²) in [5.41, 5.74) is 2.30. The Morgan fingerprint density at radius 2 is 1.90 bits per heavy atom. The van der Waals surface area contributed by atoms with E-state index >= 15 is 0 Å². The zero-order chi connectivity index (χ0) is 22.2. The van der Waals surface area contributed by atoms with Gasteiger partial charge < -0.3 is 15.0 Å². The van der Waals surface area contributed by atoms with Crippen LogP contribution in [0.5, 0.6) is 0 Å². The van der Waals surface area contributed by atoms with Gasteiger partial charge in [-0.25, -0.2) is 9.78 Å². The van der Waals surface area contributed by atoms with Gasteiger partial charge in [0.1, 0.15) is 16.8 Å². The Labute approximate surface area is 186 Å². The second-order valence-electron chi connectivity index (χ2n) is 7.23. The van der Waals surface area contributed by atoms with Crippen molar-refractivity contribution in [2.75, 3.05) is 29.9 Å². The molecule has 1 amide bonds. The number of rotatable bonds is 7. The highest BCUT2D eigenvalue weighted by Gasteiger charge is 2.20. The van der Waals surface area contributed by atoms with Crippen molar-refractivity contribution in [3.05, 3.63) is 47.7 Å². The third kappa shape index (κ3) is 5.98. The molecule has 0 aliphatic carbocycles. The van der Waals surface area contributed by atoms with Crippen LogP contribution in [0.3, 0.4) is 0 Å². The van der Waals surface area contributed by atoms with Gasteiger partial charge in [0, 0.05) is 24.5 Å². The van der Waals surface area contributed by atoms with Crippen molar-refractivity contribution in [3.8, 4) is 6.07 Å². The minimum Gasteiger partial charge on any atom is -0.461 e. The fourth-order valence-corrected chi connectivity index (χ4v) is 4.20. The van der Waals surface area contributed by atoms with Crippen molar-refractivity contribution < 1.29 is 14.3 Å². The molecule has 2 aromatic rings. The highest BCUT2D eigenvalue weighted by Crippen LogP contribution is 2.27. The van der Waals surface area contributed by atoms with Crippen LogP contribution in [-0.4, -0.2) is 41.8 Å². The lowest BCUT2D eigenvalue weighted by Gasteiger charge is -2.28. The summed E-state index contributed by atoms with van der Waals surface area (Å²) in [6.45, 7) is 5.82. The average Bonchev–Trinajstić information content (AvgIpc) is 2.80. The molecule has 0 saturated carbocycles. The van der Waals surface area contributed by atoms with Gasteiger partial charge in [0.2, 0.25) is 5.91 Å². The number of piperidine rings is 1. The van der Waals surface area contributed by atoms with Gasteiger partial charge in [0.05, 0.1) is 17.4 Å². The molecule has 0 spiro atoms. The normalized spacial score (nSPS) is 14.4. The van der Waals surface area contributed by atoms with E-state index in [9.17, 15) is 14.9 Å². The van der Waals surface area contributed by atoms with Crippen LogP contribution in [-0.2, 0) is 9.53 Å². The van der Waals surface area contributed by atoms with Crippen molar-refractivity contribution in [2.45, 2.75) is 43.4 Å². The number of benzene rings is 1. The van der Waals surface area contributed by atoms with E-state index in [0.717, 1.165) is 24.9 Å². The minimum atomic E-state index is -0.556. The number of hydrogen-bond acceptors (Lipinski definition) is 7. The molecule has 1 atom stereocenters. The van der Waals surface area contributed by atoms with E-state index in [4.69, 9.17) is 4.74 Å². The first-order valence-corrected chi connectivity index (χ1v) is 11.3. The molecule has 1 saturated heterocycles. The number of nitrogens with one attached hydrogen (secondary N) is 1. The van der Waals surface area contributed by atoms with Crippen molar-refractivity contribution in [1.82, 2.24) is 4.98 Å². The molecule has 0 unspecified atom stereocenters. The molecule has 1 fully saturated rings. The zero-order valence-electron chi connectivity index (χ0n) is 17.8. The Balaban J connectivity index is 1.64. The lowest BCUT2D eigenvalue weighted by Crippen LogP contribution is -2.29. The molecule has 0 bridgehead atoms. The molecule has 1 aromatic carbocycles. The van der Waals surface area contributed by atoms with Gasteiger partial charge in [-0.2, -0.15) is 5.26 Å². The van der Waals surface area contributed by atoms with Gasteiger partial charge in [-0.1, -0.05) is 11.8 Å². The Morgan fingerprint density at radius 3 is 2.55 bits per heavy atom. The molecule has 1 N–H and O–H groups in total. The fourth-order valence-electron chi connectivity index (χ4n) is 3.31. The zero-order valence-corrected chi connectivity index (χ0v) is 18.6. The predicted molar refractivity (Wildman–Crippen MR) is 121 cm³/mol. The van der Waals surface area contributed by atoms with E-state index in [2.05, 4.69) is 21.3 Å². The number of anilines is 2. The van der Waals surface area contributed by atoms with Crippen molar-refractivity contribution >= 4 is 35.0 Å². The third-order valence-corrected chi connectivity index (χ3v) is 6.08. The highest BCUT2D eigenvalue weighted by atomic mass is 32.2. The van der Waals surface area contributed by atoms with Crippen molar-refractivity contribution in [1.29, 1.82) is 5.26 Å². The Morgan fingerprint density at radius 1 is 1.19 bits per heavy atom. The summed E-state index contributed by atoms with van der Waals surface area (Å²) in [6, 6.07) is 12.9. The summed E-state index contributed by atoms with van der Waals surface area (Å²) >= 11 is 1.14. The van der Waals surface area contributed by atoms with E-state index in [1.807, 2.05) is 24.3 Å². The van der Waals surface area contributed by atoms with Gasteiger partial charge in [0.25, 0.3) is 0 Å². The number of esters is 1. The number of nitrogens with zero attached hydrogens (tertiary/aromatic N) is 3. The number of hydrogen-bond donors (Lipinski definition) is 1. The van der Waals surface area contributed by atoms with Gasteiger partial charge >= 0.3 is 5.97 Å². The van der Waals surface area contributed by atoms with Crippen LogP contribution in [0.2, 0.25) is 0 Å². The Bertz CT molecular complexity index is 966. The summed E-state index contributed by atoms with van der Waals surface area (Å²) in [5, 5.41) is 12.1. The fraction of sp³-hybridized carbons (Fsp3) is 0.391. The largest absolute Gasteiger partial charge is 0.461 e. The van der Waals surface area contributed by atoms with Crippen LogP contribution in [0.15, 0.2) is 41.4 Å². The number of amides is 1. The molecule has 31 heavy (non-hydrogen) atoms.